The first-order chi connectivity index (χ1) is 10.2. The maximum Gasteiger partial charge on any atom is 0.174 e. The van der Waals surface area contributed by atoms with Crippen molar-refractivity contribution in [3.8, 4) is 11.8 Å². The molecule has 0 aliphatic heterocycles. The molecule has 0 amide bonds. The van der Waals surface area contributed by atoms with Gasteiger partial charge in [0.2, 0.25) is 0 Å². The molecule has 0 aliphatic carbocycles. The molecule has 0 aliphatic rings. The van der Waals surface area contributed by atoms with Crippen LogP contribution < -0.4 is 10.1 Å². The zero-order chi connectivity index (χ0) is 15.1. The molecule has 110 valence electrons. The molecule has 1 aromatic heterocycles. The summed E-state index contributed by atoms with van der Waals surface area (Å²) in [5, 5.41) is 14.2. The predicted molar refractivity (Wildman–Crippen MR) is 86.3 cm³/mol. The average Bonchev–Trinajstić information content (AvgIpc) is 3.00. The Morgan fingerprint density at radius 3 is 2.57 bits per heavy atom. The fourth-order valence-corrected chi connectivity index (χ4v) is 3.15. The van der Waals surface area contributed by atoms with E-state index >= 15 is 0 Å². The van der Waals surface area contributed by atoms with Crippen LogP contribution in [0.3, 0.4) is 0 Å². The van der Waals surface area contributed by atoms with E-state index in [1.165, 1.54) is 10.4 Å². The summed E-state index contributed by atoms with van der Waals surface area (Å²) in [4.78, 5) is 1.37. The molecule has 3 nitrogen and oxygen atoms in total. The van der Waals surface area contributed by atoms with Gasteiger partial charge in [-0.3, -0.25) is 0 Å². The fraction of sp³-hybridized carbons (Fsp3) is 0.353. The van der Waals surface area contributed by atoms with E-state index in [9.17, 15) is 0 Å². The standard InChI is InChI=1S/C17H20N2OS/c1-13(2)17(16-4-3-11-21-16)19-12-14-5-7-15(8-6-14)20-10-9-18/h3-8,11,13,17,19H,10,12H2,1-2H3. The summed E-state index contributed by atoms with van der Waals surface area (Å²) in [5.74, 6) is 1.28. The summed E-state index contributed by atoms with van der Waals surface area (Å²) in [6.07, 6.45) is 0. The lowest BCUT2D eigenvalue weighted by Crippen LogP contribution is -2.24. The van der Waals surface area contributed by atoms with Gasteiger partial charge in [0.15, 0.2) is 6.61 Å². The Morgan fingerprint density at radius 2 is 2.00 bits per heavy atom. The van der Waals surface area contributed by atoms with E-state index in [0.717, 1.165) is 12.3 Å². The lowest BCUT2D eigenvalue weighted by atomic mass is 10.0. The van der Waals surface area contributed by atoms with Gasteiger partial charge >= 0.3 is 0 Å². The largest absolute Gasteiger partial charge is 0.479 e. The molecule has 1 N–H and O–H groups in total. The van der Waals surface area contributed by atoms with Crippen molar-refractivity contribution in [1.29, 1.82) is 5.26 Å². The second kappa shape index (κ2) is 7.82. The topological polar surface area (TPSA) is 45.0 Å². The van der Waals surface area contributed by atoms with Crippen LogP contribution in [0.4, 0.5) is 0 Å². The highest BCUT2D eigenvalue weighted by Crippen LogP contribution is 2.26. The van der Waals surface area contributed by atoms with Gasteiger partial charge in [-0.15, -0.1) is 11.3 Å². The van der Waals surface area contributed by atoms with Gasteiger partial charge in [-0.25, -0.2) is 0 Å². The van der Waals surface area contributed by atoms with E-state index in [1.807, 2.05) is 30.3 Å². The van der Waals surface area contributed by atoms with Crippen LogP contribution in [-0.2, 0) is 6.54 Å². The number of rotatable bonds is 7. The molecule has 2 rings (SSSR count). The Balaban J connectivity index is 1.93. The predicted octanol–water partition coefficient (Wildman–Crippen LogP) is 4.14. The number of ether oxygens (including phenoxy) is 1. The molecule has 0 fully saturated rings. The molecular weight excluding hydrogens is 280 g/mol. The van der Waals surface area contributed by atoms with Gasteiger partial charge in [0, 0.05) is 17.5 Å². The maximum absolute atomic E-state index is 8.49. The van der Waals surface area contributed by atoms with Gasteiger partial charge in [-0.2, -0.15) is 5.26 Å². The van der Waals surface area contributed by atoms with Crippen LogP contribution in [0.1, 0.15) is 30.3 Å². The smallest absolute Gasteiger partial charge is 0.174 e. The highest BCUT2D eigenvalue weighted by molar-refractivity contribution is 7.10. The second-order valence-corrected chi connectivity index (χ2v) is 6.19. The van der Waals surface area contributed by atoms with Crippen LogP contribution in [0.2, 0.25) is 0 Å². The number of benzene rings is 1. The Bertz CT molecular complexity index is 570. The first-order valence-corrected chi connectivity index (χ1v) is 7.94. The highest BCUT2D eigenvalue weighted by Gasteiger charge is 2.15. The molecule has 1 heterocycles. The first kappa shape index (κ1) is 15.6. The van der Waals surface area contributed by atoms with E-state index in [-0.39, 0.29) is 6.61 Å². The Morgan fingerprint density at radius 1 is 1.24 bits per heavy atom. The summed E-state index contributed by atoms with van der Waals surface area (Å²) in [6.45, 7) is 5.37. The van der Waals surface area contributed by atoms with Gasteiger partial charge < -0.3 is 10.1 Å². The van der Waals surface area contributed by atoms with Crippen molar-refractivity contribution >= 4 is 11.3 Å². The Labute approximate surface area is 130 Å². The minimum absolute atomic E-state index is 0.0887. The van der Waals surface area contributed by atoms with Gasteiger partial charge in [0.25, 0.3) is 0 Å². The van der Waals surface area contributed by atoms with E-state index in [4.69, 9.17) is 10.00 Å². The molecule has 0 bridgehead atoms. The van der Waals surface area contributed by atoms with Gasteiger partial charge in [0.1, 0.15) is 11.8 Å². The van der Waals surface area contributed by atoms with Crippen LogP contribution >= 0.6 is 11.3 Å². The van der Waals surface area contributed by atoms with Crippen molar-refractivity contribution in [2.24, 2.45) is 5.92 Å². The lowest BCUT2D eigenvalue weighted by Gasteiger charge is -2.21. The van der Waals surface area contributed by atoms with Crippen LogP contribution in [-0.4, -0.2) is 6.61 Å². The summed E-state index contributed by atoms with van der Waals surface area (Å²) in [7, 11) is 0. The van der Waals surface area contributed by atoms with E-state index < -0.39 is 0 Å². The molecule has 4 heteroatoms. The zero-order valence-electron chi connectivity index (χ0n) is 12.4. The maximum atomic E-state index is 8.49. The van der Waals surface area contributed by atoms with Crippen molar-refractivity contribution in [2.45, 2.75) is 26.4 Å². The third kappa shape index (κ3) is 4.59. The van der Waals surface area contributed by atoms with Crippen molar-refractivity contribution in [1.82, 2.24) is 5.32 Å². The number of nitrogens with one attached hydrogen (secondary N) is 1. The summed E-state index contributed by atoms with van der Waals surface area (Å²) in [5.41, 5.74) is 1.21. The number of nitriles is 1. The Kier molecular flexibility index (Phi) is 5.79. The number of thiophene rings is 1. The summed E-state index contributed by atoms with van der Waals surface area (Å²) >= 11 is 1.79. The molecule has 0 saturated carbocycles. The second-order valence-electron chi connectivity index (χ2n) is 5.21. The SMILES string of the molecule is CC(C)C(NCc1ccc(OCC#N)cc1)c1cccs1. The minimum atomic E-state index is 0.0887. The van der Waals surface area contributed by atoms with Crippen molar-refractivity contribution in [2.75, 3.05) is 6.61 Å². The fourth-order valence-electron chi connectivity index (χ4n) is 2.18. The highest BCUT2D eigenvalue weighted by atomic mass is 32.1. The zero-order valence-corrected chi connectivity index (χ0v) is 13.2. The third-order valence-corrected chi connectivity index (χ3v) is 4.22. The van der Waals surface area contributed by atoms with Crippen molar-refractivity contribution in [3.05, 3.63) is 52.2 Å². The first-order valence-electron chi connectivity index (χ1n) is 7.06. The molecule has 2 aromatic rings. The van der Waals surface area contributed by atoms with E-state index in [0.29, 0.717) is 12.0 Å². The summed E-state index contributed by atoms with van der Waals surface area (Å²) < 4.78 is 5.25. The lowest BCUT2D eigenvalue weighted by molar-refractivity contribution is 0.368. The Hall–Kier alpha value is -1.83. The quantitative estimate of drug-likeness (QED) is 0.836. The molecule has 0 radical (unpaired) electrons. The number of nitrogens with zero attached hydrogens (tertiary/aromatic N) is 1. The summed E-state index contributed by atoms with van der Waals surface area (Å²) in [6, 6.07) is 14.5. The van der Waals surface area contributed by atoms with Gasteiger partial charge in [-0.05, 0) is 35.1 Å². The van der Waals surface area contributed by atoms with Crippen molar-refractivity contribution in [3.63, 3.8) is 0 Å². The molecule has 21 heavy (non-hydrogen) atoms. The number of hydrogen-bond acceptors (Lipinski definition) is 4. The normalized spacial score (nSPS) is 12.1. The van der Waals surface area contributed by atoms with Crippen LogP contribution in [0.25, 0.3) is 0 Å². The molecule has 1 unspecified atom stereocenters. The van der Waals surface area contributed by atoms with Crippen molar-refractivity contribution < 1.29 is 4.74 Å². The minimum Gasteiger partial charge on any atom is -0.479 e. The molecular formula is C17H20N2OS. The third-order valence-electron chi connectivity index (χ3n) is 3.27. The van der Waals surface area contributed by atoms with E-state index in [2.05, 4.69) is 36.7 Å². The average molecular weight is 300 g/mol. The van der Waals surface area contributed by atoms with E-state index in [1.54, 1.807) is 11.3 Å². The number of hydrogen-bond donors (Lipinski definition) is 1. The van der Waals surface area contributed by atoms with Gasteiger partial charge in [0.05, 0.1) is 0 Å². The molecule has 0 saturated heterocycles. The van der Waals surface area contributed by atoms with Crippen LogP contribution in [0.15, 0.2) is 41.8 Å². The molecule has 1 atom stereocenters. The monoisotopic (exact) mass is 300 g/mol. The molecule has 0 spiro atoms. The van der Waals surface area contributed by atoms with Gasteiger partial charge in [-0.1, -0.05) is 32.0 Å². The molecule has 1 aromatic carbocycles. The van der Waals surface area contributed by atoms with Crippen LogP contribution in [0.5, 0.6) is 5.75 Å². The van der Waals surface area contributed by atoms with Crippen LogP contribution in [0, 0.1) is 17.2 Å².